The van der Waals surface area contributed by atoms with E-state index in [-0.39, 0.29) is 0 Å². The quantitative estimate of drug-likeness (QED) is 0.672. The van der Waals surface area contributed by atoms with Gasteiger partial charge in [0.05, 0.1) is 5.60 Å². The Bertz CT molecular complexity index is 990. The SMILES string of the molecule is CC(C)(C)OC1=C2C=CCC3=C2c2c(cccc2C1OC(C)(C)C)C(=O)C3=O. The van der Waals surface area contributed by atoms with Crippen molar-refractivity contribution in [3.8, 4) is 0 Å². The number of ketones is 2. The van der Waals surface area contributed by atoms with Crippen LogP contribution in [-0.4, -0.2) is 22.8 Å². The zero-order chi connectivity index (χ0) is 20.4. The fraction of sp³-hybridized carbons (Fsp3) is 0.417. The third-order valence-corrected chi connectivity index (χ3v) is 4.92. The van der Waals surface area contributed by atoms with Crippen molar-refractivity contribution in [2.24, 2.45) is 0 Å². The second-order valence-corrected chi connectivity index (χ2v) is 9.49. The molecule has 0 aromatic heterocycles. The number of hydrogen-bond acceptors (Lipinski definition) is 4. The Balaban J connectivity index is 2.06. The molecule has 4 rings (SSSR count). The lowest BCUT2D eigenvalue weighted by Gasteiger charge is -2.40. The highest BCUT2D eigenvalue weighted by Gasteiger charge is 2.44. The molecular formula is C24H26O4. The van der Waals surface area contributed by atoms with Crippen LogP contribution in [0.1, 0.15) is 75.6 Å². The van der Waals surface area contributed by atoms with Gasteiger partial charge in [-0.25, -0.2) is 0 Å². The van der Waals surface area contributed by atoms with Crippen LogP contribution in [0, 0.1) is 0 Å². The summed E-state index contributed by atoms with van der Waals surface area (Å²) in [5.74, 6) is -0.135. The van der Waals surface area contributed by atoms with Crippen molar-refractivity contribution in [1.29, 1.82) is 0 Å². The van der Waals surface area contributed by atoms with Crippen LogP contribution in [-0.2, 0) is 14.3 Å². The number of Topliss-reactive ketones (excluding diaryl/α,β-unsaturated/α-hetero) is 2. The van der Waals surface area contributed by atoms with E-state index in [0.29, 0.717) is 23.3 Å². The number of carbonyl (C=O) groups is 2. The monoisotopic (exact) mass is 378 g/mol. The molecule has 4 nitrogen and oxygen atoms in total. The van der Waals surface area contributed by atoms with Crippen LogP contribution in [0.15, 0.2) is 47.3 Å². The first-order valence-corrected chi connectivity index (χ1v) is 9.71. The summed E-state index contributed by atoms with van der Waals surface area (Å²) in [7, 11) is 0. The third kappa shape index (κ3) is 2.96. The lowest BCUT2D eigenvalue weighted by Crippen LogP contribution is -2.34. The van der Waals surface area contributed by atoms with Gasteiger partial charge in [0.2, 0.25) is 11.6 Å². The first-order valence-electron chi connectivity index (χ1n) is 9.71. The Morgan fingerprint density at radius 1 is 0.964 bits per heavy atom. The summed E-state index contributed by atoms with van der Waals surface area (Å²) in [6, 6.07) is 5.54. The molecule has 0 radical (unpaired) electrons. The molecule has 0 aliphatic heterocycles. The predicted molar refractivity (Wildman–Crippen MR) is 108 cm³/mol. The fourth-order valence-electron chi connectivity index (χ4n) is 4.05. The Labute approximate surface area is 165 Å². The first-order chi connectivity index (χ1) is 13.0. The molecule has 0 heterocycles. The van der Waals surface area contributed by atoms with Gasteiger partial charge in [-0.15, -0.1) is 0 Å². The summed E-state index contributed by atoms with van der Waals surface area (Å²) in [4.78, 5) is 25.5. The van der Waals surface area contributed by atoms with Gasteiger partial charge in [-0.05, 0) is 53.5 Å². The molecule has 3 aliphatic carbocycles. The molecule has 0 spiro atoms. The van der Waals surface area contributed by atoms with E-state index in [1.807, 2.05) is 65.8 Å². The molecule has 0 fully saturated rings. The van der Waals surface area contributed by atoms with Crippen molar-refractivity contribution < 1.29 is 19.1 Å². The summed E-state index contributed by atoms with van der Waals surface area (Å²) in [5, 5.41) is 0. The second kappa shape index (κ2) is 6.02. The van der Waals surface area contributed by atoms with Crippen molar-refractivity contribution in [2.45, 2.75) is 65.3 Å². The van der Waals surface area contributed by atoms with E-state index >= 15 is 0 Å². The van der Waals surface area contributed by atoms with Crippen LogP contribution in [0.25, 0.3) is 5.57 Å². The summed E-state index contributed by atoms with van der Waals surface area (Å²) < 4.78 is 12.9. The van der Waals surface area contributed by atoms with Gasteiger partial charge in [0.1, 0.15) is 17.5 Å². The zero-order valence-electron chi connectivity index (χ0n) is 17.3. The van der Waals surface area contributed by atoms with Crippen LogP contribution in [0.4, 0.5) is 0 Å². The molecule has 0 bridgehead atoms. The average Bonchev–Trinajstić information content (AvgIpc) is 2.59. The molecule has 0 amide bonds. The Hall–Kier alpha value is -2.46. The molecule has 4 heteroatoms. The molecule has 1 unspecified atom stereocenters. The average molecular weight is 378 g/mol. The van der Waals surface area contributed by atoms with Gasteiger partial charge in [0.15, 0.2) is 0 Å². The van der Waals surface area contributed by atoms with Crippen molar-refractivity contribution in [2.75, 3.05) is 0 Å². The molecule has 3 aliphatic rings. The smallest absolute Gasteiger partial charge is 0.233 e. The van der Waals surface area contributed by atoms with Crippen LogP contribution in [0.3, 0.4) is 0 Å². The number of hydrogen-bond donors (Lipinski definition) is 0. The lowest BCUT2D eigenvalue weighted by atomic mass is 9.71. The number of rotatable bonds is 2. The Morgan fingerprint density at radius 2 is 1.68 bits per heavy atom. The minimum absolute atomic E-state index is 0.410. The van der Waals surface area contributed by atoms with Gasteiger partial charge in [-0.3, -0.25) is 9.59 Å². The van der Waals surface area contributed by atoms with Crippen LogP contribution in [0.2, 0.25) is 0 Å². The maximum atomic E-state index is 12.8. The molecule has 0 saturated carbocycles. The van der Waals surface area contributed by atoms with Crippen molar-refractivity contribution >= 4 is 17.1 Å². The maximum absolute atomic E-state index is 12.8. The largest absolute Gasteiger partial charge is 0.489 e. The van der Waals surface area contributed by atoms with E-state index in [9.17, 15) is 9.59 Å². The predicted octanol–water partition coefficient (Wildman–Crippen LogP) is 5.10. The maximum Gasteiger partial charge on any atom is 0.233 e. The van der Waals surface area contributed by atoms with Crippen LogP contribution >= 0.6 is 0 Å². The van der Waals surface area contributed by atoms with Crippen LogP contribution in [0.5, 0.6) is 0 Å². The molecule has 146 valence electrons. The Morgan fingerprint density at radius 3 is 2.32 bits per heavy atom. The van der Waals surface area contributed by atoms with E-state index in [1.165, 1.54) is 0 Å². The fourth-order valence-corrected chi connectivity index (χ4v) is 4.05. The molecule has 1 aromatic rings. The normalized spacial score (nSPS) is 21.3. The lowest BCUT2D eigenvalue weighted by molar-refractivity contribution is -0.112. The molecule has 0 saturated heterocycles. The molecule has 1 aromatic carbocycles. The van der Waals surface area contributed by atoms with Gasteiger partial charge < -0.3 is 9.47 Å². The second-order valence-electron chi connectivity index (χ2n) is 9.49. The molecule has 1 atom stereocenters. The van der Waals surface area contributed by atoms with E-state index in [2.05, 4.69) is 0 Å². The Kier molecular flexibility index (Phi) is 4.06. The highest BCUT2D eigenvalue weighted by atomic mass is 16.6. The van der Waals surface area contributed by atoms with Gasteiger partial charge in [-0.2, -0.15) is 0 Å². The van der Waals surface area contributed by atoms with Crippen molar-refractivity contribution in [3.05, 3.63) is 63.9 Å². The summed E-state index contributed by atoms with van der Waals surface area (Å²) in [6.07, 6.45) is 3.95. The van der Waals surface area contributed by atoms with Gasteiger partial charge in [0, 0.05) is 27.8 Å². The number of ether oxygens (including phenoxy) is 2. The highest BCUT2D eigenvalue weighted by molar-refractivity contribution is 6.53. The van der Waals surface area contributed by atoms with Gasteiger partial charge in [-0.1, -0.05) is 30.4 Å². The zero-order valence-corrected chi connectivity index (χ0v) is 17.3. The van der Waals surface area contributed by atoms with E-state index in [1.54, 1.807) is 6.07 Å². The summed E-state index contributed by atoms with van der Waals surface area (Å²) >= 11 is 0. The minimum Gasteiger partial charge on any atom is -0.489 e. The van der Waals surface area contributed by atoms with Crippen molar-refractivity contribution in [3.63, 3.8) is 0 Å². The number of allylic oxidation sites excluding steroid dienone is 5. The highest BCUT2D eigenvalue weighted by Crippen LogP contribution is 2.52. The van der Waals surface area contributed by atoms with E-state index in [0.717, 1.165) is 22.3 Å². The first kappa shape index (κ1) is 18.9. The molecular weight excluding hydrogens is 352 g/mol. The van der Waals surface area contributed by atoms with Gasteiger partial charge >= 0.3 is 0 Å². The van der Waals surface area contributed by atoms with Crippen molar-refractivity contribution in [1.82, 2.24) is 0 Å². The standard InChI is InChI=1S/C24H26O4/c1-23(2,3)27-21-15-11-7-9-13-17(15)18-14(20(26)19(13)25)10-8-12-16(18)22(21)28-24(4,5)6/h7-9,11-12,21H,10H2,1-6H3. The van der Waals surface area contributed by atoms with E-state index < -0.39 is 28.9 Å². The minimum atomic E-state index is -0.446. The van der Waals surface area contributed by atoms with Gasteiger partial charge in [0.25, 0.3) is 0 Å². The molecule has 28 heavy (non-hydrogen) atoms. The summed E-state index contributed by atoms with van der Waals surface area (Å²) in [5.41, 5.74) is 3.58. The summed E-state index contributed by atoms with van der Waals surface area (Å²) in [6.45, 7) is 12.0. The number of carbonyl (C=O) groups excluding carboxylic acids is 2. The number of benzene rings is 1. The third-order valence-electron chi connectivity index (χ3n) is 4.92. The topological polar surface area (TPSA) is 52.6 Å². The molecule has 0 N–H and O–H groups in total. The van der Waals surface area contributed by atoms with E-state index in [4.69, 9.17) is 9.47 Å². The van der Waals surface area contributed by atoms with Crippen LogP contribution < -0.4 is 0 Å².